The van der Waals surface area contributed by atoms with Gasteiger partial charge in [-0.3, -0.25) is 9.88 Å². The van der Waals surface area contributed by atoms with E-state index in [4.69, 9.17) is 4.74 Å². The zero-order valence-corrected chi connectivity index (χ0v) is 17.1. The number of piperazine rings is 1. The predicted octanol–water partition coefficient (Wildman–Crippen LogP) is 2.16. The number of hydrogen-bond acceptors (Lipinski definition) is 6. The fourth-order valence-electron chi connectivity index (χ4n) is 4.28. The zero-order valence-electron chi connectivity index (χ0n) is 16.2. The molecule has 1 saturated carbocycles. The molecule has 0 spiro atoms. The minimum absolute atomic E-state index is 0.0768. The highest BCUT2D eigenvalue weighted by Gasteiger charge is 2.42. The molecule has 3 fully saturated rings. The van der Waals surface area contributed by atoms with E-state index >= 15 is 0 Å². The molecule has 2 saturated heterocycles. The maximum absolute atomic E-state index is 14.1. The van der Waals surface area contributed by atoms with Gasteiger partial charge in [0, 0.05) is 44.6 Å². The van der Waals surface area contributed by atoms with E-state index in [-0.39, 0.29) is 25.2 Å². The van der Waals surface area contributed by atoms with Crippen LogP contribution < -0.4 is 4.74 Å². The van der Waals surface area contributed by atoms with E-state index < -0.39 is 26.6 Å². The number of benzene rings is 1. The Kier molecular flexibility index (Phi) is 4.95. The average Bonchev–Trinajstić information content (AvgIpc) is 3.48. The van der Waals surface area contributed by atoms with Crippen LogP contribution in [0.2, 0.25) is 0 Å². The minimum atomic E-state index is -4.25. The van der Waals surface area contributed by atoms with Crippen LogP contribution in [0.3, 0.4) is 0 Å². The maximum Gasteiger partial charge on any atom is 0.249 e. The van der Waals surface area contributed by atoms with Gasteiger partial charge in [-0.15, -0.1) is 0 Å². The quantitative estimate of drug-likeness (QED) is 0.715. The molecule has 0 N–H and O–H groups in total. The predicted molar refractivity (Wildman–Crippen MR) is 104 cm³/mol. The summed E-state index contributed by atoms with van der Waals surface area (Å²) in [4.78, 5) is 10.0. The third kappa shape index (κ3) is 3.67. The van der Waals surface area contributed by atoms with Crippen LogP contribution in [0, 0.1) is 11.6 Å². The summed E-state index contributed by atoms with van der Waals surface area (Å²) in [6.07, 6.45) is 6.19. The molecule has 0 amide bonds. The lowest BCUT2D eigenvalue weighted by molar-refractivity contribution is 0.150. The normalized spacial score (nSPS) is 25.3. The van der Waals surface area contributed by atoms with Crippen molar-refractivity contribution in [2.24, 2.45) is 0 Å². The Morgan fingerprint density at radius 3 is 2.47 bits per heavy atom. The van der Waals surface area contributed by atoms with Crippen LogP contribution >= 0.6 is 0 Å². The monoisotopic (exact) mass is 436 g/mol. The smallest absolute Gasteiger partial charge is 0.249 e. The van der Waals surface area contributed by atoms with Gasteiger partial charge in [0.05, 0.1) is 18.1 Å². The molecule has 5 rings (SSSR count). The molecule has 1 aromatic heterocycles. The Morgan fingerprint density at radius 2 is 1.80 bits per heavy atom. The topological polar surface area (TPSA) is 75.6 Å². The second-order valence-electron chi connectivity index (χ2n) is 8.09. The SMILES string of the molecule is O=S(=O)(c1c(F)cccc1F)N1CCN2C[C@@H](Oc3cnc(C4CC4)cn3)C[C@H]2C1. The first-order valence-corrected chi connectivity index (χ1v) is 11.5. The van der Waals surface area contributed by atoms with Gasteiger partial charge in [-0.05, 0) is 25.0 Å². The highest BCUT2D eigenvalue weighted by Crippen LogP contribution is 2.38. The van der Waals surface area contributed by atoms with Crippen molar-refractivity contribution in [3.8, 4) is 5.88 Å². The molecular formula is C20H22F2N4O3S. The largest absolute Gasteiger partial charge is 0.472 e. The molecule has 3 aliphatic rings. The standard InChI is InChI=1S/C20H22F2N4O3S/c21-16-2-1-3-17(22)20(16)30(27,28)26-7-6-25-12-15(8-14(25)11-26)29-19-10-23-18(9-24-19)13-4-5-13/h1-3,9-10,13-15H,4-8,11-12H2/t14-,15-/m0/s1. The lowest BCUT2D eigenvalue weighted by atomic mass is 10.2. The Labute approximate surface area is 173 Å². The van der Waals surface area contributed by atoms with Crippen LogP contribution in [0.5, 0.6) is 5.88 Å². The highest BCUT2D eigenvalue weighted by atomic mass is 32.2. The Balaban J connectivity index is 1.26. The first-order chi connectivity index (χ1) is 14.4. The van der Waals surface area contributed by atoms with E-state index in [9.17, 15) is 17.2 Å². The molecule has 2 atom stereocenters. The summed E-state index contributed by atoms with van der Waals surface area (Å²) in [5, 5.41) is 0. The molecule has 0 radical (unpaired) electrons. The molecule has 30 heavy (non-hydrogen) atoms. The summed E-state index contributed by atoms with van der Waals surface area (Å²) in [5.41, 5.74) is 0.993. The van der Waals surface area contributed by atoms with Gasteiger partial charge in [0.1, 0.15) is 17.7 Å². The first-order valence-electron chi connectivity index (χ1n) is 10.1. The number of ether oxygens (including phenoxy) is 1. The number of sulfonamides is 1. The Bertz CT molecular complexity index is 1030. The van der Waals surface area contributed by atoms with Gasteiger partial charge in [-0.1, -0.05) is 6.07 Å². The Morgan fingerprint density at radius 1 is 1.03 bits per heavy atom. The highest BCUT2D eigenvalue weighted by molar-refractivity contribution is 7.89. The lowest BCUT2D eigenvalue weighted by Gasteiger charge is -2.36. The van der Waals surface area contributed by atoms with Crippen LogP contribution in [0.15, 0.2) is 35.5 Å². The van der Waals surface area contributed by atoms with E-state index in [0.717, 1.165) is 36.7 Å². The molecule has 7 nitrogen and oxygen atoms in total. The van der Waals surface area contributed by atoms with Crippen LogP contribution in [0.1, 0.15) is 30.9 Å². The third-order valence-electron chi connectivity index (χ3n) is 5.99. The number of fused-ring (bicyclic) bond motifs is 1. The van der Waals surface area contributed by atoms with E-state index in [1.165, 1.54) is 4.31 Å². The van der Waals surface area contributed by atoms with Gasteiger partial charge in [0.2, 0.25) is 15.9 Å². The van der Waals surface area contributed by atoms with E-state index in [2.05, 4.69) is 14.9 Å². The minimum Gasteiger partial charge on any atom is -0.472 e. The zero-order chi connectivity index (χ0) is 20.9. The molecule has 3 heterocycles. The molecule has 160 valence electrons. The molecule has 1 aliphatic carbocycles. The average molecular weight is 436 g/mol. The number of rotatable bonds is 5. The van der Waals surface area contributed by atoms with Crippen molar-refractivity contribution in [1.29, 1.82) is 0 Å². The van der Waals surface area contributed by atoms with Gasteiger partial charge >= 0.3 is 0 Å². The van der Waals surface area contributed by atoms with Crippen molar-refractivity contribution in [1.82, 2.24) is 19.2 Å². The second kappa shape index (κ2) is 7.51. The van der Waals surface area contributed by atoms with Crippen molar-refractivity contribution in [3.63, 3.8) is 0 Å². The van der Waals surface area contributed by atoms with Gasteiger partial charge in [0.15, 0.2) is 4.90 Å². The molecule has 0 bridgehead atoms. The van der Waals surface area contributed by atoms with Crippen molar-refractivity contribution < 1.29 is 21.9 Å². The number of hydrogen-bond donors (Lipinski definition) is 0. The van der Waals surface area contributed by atoms with E-state index in [1.807, 2.05) is 0 Å². The second-order valence-corrected chi connectivity index (χ2v) is 9.97. The lowest BCUT2D eigenvalue weighted by Crippen LogP contribution is -2.52. The molecule has 2 aromatic rings. The fraction of sp³-hybridized carbons (Fsp3) is 0.500. The first kappa shape index (κ1) is 19.8. The number of halogens is 2. The van der Waals surface area contributed by atoms with Gasteiger partial charge < -0.3 is 4.74 Å². The third-order valence-corrected chi connectivity index (χ3v) is 7.91. The van der Waals surface area contributed by atoms with Crippen molar-refractivity contribution in [2.75, 3.05) is 26.2 Å². The van der Waals surface area contributed by atoms with Crippen molar-refractivity contribution >= 4 is 10.0 Å². The van der Waals surface area contributed by atoms with Crippen LogP contribution in [0.25, 0.3) is 0 Å². The fourth-order valence-corrected chi connectivity index (χ4v) is 5.85. The molecule has 10 heteroatoms. The van der Waals surface area contributed by atoms with Crippen LogP contribution in [0.4, 0.5) is 8.78 Å². The van der Waals surface area contributed by atoms with Crippen LogP contribution in [-0.2, 0) is 10.0 Å². The van der Waals surface area contributed by atoms with Crippen LogP contribution in [-0.4, -0.2) is 65.9 Å². The van der Waals surface area contributed by atoms with E-state index in [1.54, 1.807) is 12.4 Å². The van der Waals surface area contributed by atoms with Gasteiger partial charge in [-0.2, -0.15) is 4.31 Å². The molecule has 2 aliphatic heterocycles. The van der Waals surface area contributed by atoms with Gasteiger partial charge in [-0.25, -0.2) is 22.2 Å². The number of nitrogens with zero attached hydrogens (tertiary/aromatic N) is 4. The molecular weight excluding hydrogens is 414 g/mol. The Hall–Kier alpha value is -2.17. The summed E-state index contributed by atoms with van der Waals surface area (Å²) in [6, 6.07) is 3.00. The van der Waals surface area contributed by atoms with E-state index in [0.29, 0.717) is 31.3 Å². The number of aromatic nitrogens is 2. The summed E-state index contributed by atoms with van der Waals surface area (Å²) in [7, 11) is -4.25. The summed E-state index contributed by atoms with van der Waals surface area (Å²) in [6.45, 7) is 1.47. The van der Waals surface area contributed by atoms with Crippen molar-refractivity contribution in [3.05, 3.63) is 47.9 Å². The molecule has 0 unspecified atom stereocenters. The summed E-state index contributed by atoms with van der Waals surface area (Å²) < 4.78 is 61.0. The summed E-state index contributed by atoms with van der Waals surface area (Å²) in [5.74, 6) is -1.15. The summed E-state index contributed by atoms with van der Waals surface area (Å²) >= 11 is 0. The maximum atomic E-state index is 14.1. The van der Waals surface area contributed by atoms with Crippen molar-refractivity contribution in [2.45, 2.75) is 42.2 Å². The van der Waals surface area contributed by atoms with Gasteiger partial charge in [0.25, 0.3) is 0 Å². The molecule has 1 aromatic carbocycles.